The predicted molar refractivity (Wildman–Crippen MR) is 128 cm³/mol. The molecule has 0 bridgehead atoms. The summed E-state index contributed by atoms with van der Waals surface area (Å²) in [5.74, 6) is -6.60. The highest BCUT2D eigenvalue weighted by Gasteiger charge is 2.46. The van der Waals surface area contributed by atoms with E-state index in [0.717, 1.165) is 28.8 Å². The highest BCUT2D eigenvalue weighted by Crippen LogP contribution is 2.37. The van der Waals surface area contributed by atoms with E-state index in [1.807, 2.05) is 0 Å². The summed E-state index contributed by atoms with van der Waals surface area (Å²) in [6, 6.07) is 5.44. The standard InChI is InChI=1S/C26H23F4N3O4S/c27-16-10-17-22(25(37)33(24(17)36)19-3-4-21(34)31-23(19)35)20(11-16)38-13-14-1-2-15(18(28)9-14)12-32-7-5-26(29,30)6-8-32/h1-2,9-11,19H,3-8,12-13H2,(H,31,34,35). The van der Waals surface area contributed by atoms with Crippen molar-refractivity contribution in [2.24, 2.45) is 0 Å². The number of likely N-dealkylation sites (tertiary alicyclic amines) is 1. The molecule has 2 fully saturated rings. The molecule has 38 heavy (non-hydrogen) atoms. The van der Waals surface area contributed by atoms with E-state index < -0.39 is 47.2 Å². The number of hydrogen-bond donors (Lipinski definition) is 1. The van der Waals surface area contributed by atoms with Crippen LogP contribution in [0.5, 0.6) is 0 Å². The number of alkyl halides is 2. The van der Waals surface area contributed by atoms with Gasteiger partial charge in [0.2, 0.25) is 11.8 Å². The Bertz CT molecular complexity index is 1340. The fraction of sp³-hybridized carbons (Fsp3) is 0.385. The Labute approximate surface area is 219 Å². The maximum atomic E-state index is 14.8. The van der Waals surface area contributed by atoms with E-state index >= 15 is 0 Å². The Morgan fingerprint density at radius 1 is 1.00 bits per heavy atom. The van der Waals surface area contributed by atoms with Gasteiger partial charge >= 0.3 is 0 Å². The van der Waals surface area contributed by atoms with Gasteiger partial charge in [-0.2, -0.15) is 0 Å². The van der Waals surface area contributed by atoms with Gasteiger partial charge in [-0.15, -0.1) is 11.8 Å². The maximum Gasteiger partial charge on any atom is 0.263 e. The number of fused-ring (bicyclic) bond motifs is 1. The first-order chi connectivity index (χ1) is 18.0. The Morgan fingerprint density at radius 2 is 1.74 bits per heavy atom. The summed E-state index contributed by atoms with van der Waals surface area (Å²) < 4.78 is 55.9. The molecule has 3 heterocycles. The van der Waals surface area contributed by atoms with Crippen molar-refractivity contribution in [3.8, 4) is 0 Å². The van der Waals surface area contributed by atoms with Crippen molar-refractivity contribution in [2.45, 2.75) is 54.8 Å². The Morgan fingerprint density at radius 3 is 2.42 bits per heavy atom. The Balaban J connectivity index is 1.30. The van der Waals surface area contributed by atoms with E-state index in [1.54, 1.807) is 17.0 Å². The van der Waals surface area contributed by atoms with E-state index in [9.17, 15) is 36.7 Å². The number of halogens is 4. The van der Waals surface area contributed by atoms with Crippen LogP contribution in [-0.2, 0) is 21.9 Å². The third kappa shape index (κ3) is 5.19. The van der Waals surface area contributed by atoms with Gasteiger partial charge in [-0.05, 0) is 30.2 Å². The minimum Gasteiger partial charge on any atom is -0.299 e. The van der Waals surface area contributed by atoms with Crippen molar-refractivity contribution in [1.82, 2.24) is 15.1 Å². The molecular weight excluding hydrogens is 526 g/mol. The number of benzene rings is 2. The van der Waals surface area contributed by atoms with Crippen LogP contribution in [0.3, 0.4) is 0 Å². The second kappa shape index (κ2) is 10.1. The molecule has 200 valence electrons. The van der Waals surface area contributed by atoms with Crippen molar-refractivity contribution >= 4 is 35.4 Å². The van der Waals surface area contributed by atoms with E-state index in [-0.39, 0.29) is 67.1 Å². The molecule has 5 rings (SSSR count). The number of rotatable bonds is 6. The van der Waals surface area contributed by atoms with Gasteiger partial charge in [-0.25, -0.2) is 17.6 Å². The van der Waals surface area contributed by atoms with E-state index in [2.05, 4.69) is 5.32 Å². The van der Waals surface area contributed by atoms with Gasteiger partial charge in [-0.1, -0.05) is 12.1 Å². The molecule has 0 radical (unpaired) electrons. The lowest BCUT2D eigenvalue weighted by molar-refractivity contribution is -0.136. The molecule has 4 amide bonds. The topological polar surface area (TPSA) is 86.8 Å². The largest absolute Gasteiger partial charge is 0.299 e. The molecular formula is C26H23F4N3O4S. The number of nitrogens with one attached hydrogen (secondary N) is 1. The van der Waals surface area contributed by atoms with Crippen LogP contribution in [0, 0.1) is 11.6 Å². The molecule has 12 heteroatoms. The average molecular weight is 550 g/mol. The summed E-state index contributed by atoms with van der Waals surface area (Å²) in [4.78, 5) is 52.6. The van der Waals surface area contributed by atoms with Gasteiger partial charge in [-0.3, -0.25) is 34.3 Å². The van der Waals surface area contributed by atoms with Crippen LogP contribution < -0.4 is 5.32 Å². The van der Waals surface area contributed by atoms with Crippen LogP contribution in [-0.4, -0.2) is 58.5 Å². The third-order valence-corrected chi connectivity index (χ3v) is 8.07. The predicted octanol–water partition coefficient (Wildman–Crippen LogP) is 3.89. The third-order valence-electron chi connectivity index (χ3n) is 6.96. The van der Waals surface area contributed by atoms with Crippen LogP contribution in [0.15, 0.2) is 35.2 Å². The number of imide groups is 2. The zero-order chi connectivity index (χ0) is 27.2. The zero-order valence-corrected chi connectivity index (χ0v) is 20.9. The number of piperidine rings is 2. The van der Waals surface area contributed by atoms with Crippen molar-refractivity contribution in [3.05, 3.63) is 64.2 Å². The van der Waals surface area contributed by atoms with Gasteiger partial charge in [0.05, 0.1) is 11.1 Å². The zero-order valence-electron chi connectivity index (χ0n) is 20.1. The minimum atomic E-state index is -2.68. The van der Waals surface area contributed by atoms with Crippen LogP contribution >= 0.6 is 11.8 Å². The number of carbonyl (C=O) groups excluding carboxylic acids is 4. The first-order valence-corrected chi connectivity index (χ1v) is 13.1. The first kappa shape index (κ1) is 26.4. The normalized spacial score (nSPS) is 21.6. The van der Waals surface area contributed by atoms with Gasteiger partial charge < -0.3 is 0 Å². The van der Waals surface area contributed by atoms with Gasteiger partial charge in [0, 0.05) is 55.1 Å². The summed E-state index contributed by atoms with van der Waals surface area (Å²) in [5.41, 5.74) is 0.704. The summed E-state index contributed by atoms with van der Waals surface area (Å²) in [6.07, 6.45) is -0.578. The number of carbonyl (C=O) groups is 4. The lowest BCUT2D eigenvalue weighted by Gasteiger charge is -2.31. The second-order valence-corrected chi connectivity index (χ2v) is 10.6. The quantitative estimate of drug-likeness (QED) is 0.334. The molecule has 0 aliphatic carbocycles. The molecule has 3 aliphatic rings. The highest BCUT2D eigenvalue weighted by atomic mass is 32.2. The first-order valence-electron chi connectivity index (χ1n) is 12.1. The highest BCUT2D eigenvalue weighted by molar-refractivity contribution is 7.98. The molecule has 2 aromatic carbocycles. The molecule has 2 aromatic rings. The Kier molecular flexibility index (Phi) is 7.03. The second-order valence-electron chi connectivity index (χ2n) is 9.62. The fourth-order valence-electron chi connectivity index (χ4n) is 4.89. The van der Waals surface area contributed by atoms with E-state index in [0.29, 0.717) is 11.1 Å². The number of hydrogen-bond acceptors (Lipinski definition) is 6. The van der Waals surface area contributed by atoms with Gasteiger partial charge in [0.25, 0.3) is 17.7 Å². The molecule has 0 aromatic heterocycles. The van der Waals surface area contributed by atoms with Crippen LogP contribution in [0.25, 0.3) is 0 Å². The number of amides is 4. The summed E-state index contributed by atoms with van der Waals surface area (Å²) in [5, 5.41) is 2.11. The smallest absolute Gasteiger partial charge is 0.263 e. The minimum absolute atomic E-state index is 0.0213. The SMILES string of the molecule is O=C1CCC(N2C(=O)c3cc(F)cc(SCc4ccc(CN5CCC(F)(F)CC5)c(F)c4)c3C2=O)C(=O)N1. The van der Waals surface area contributed by atoms with Crippen molar-refractivity contribution in [3.63, 3.8) is 0 Å². The molecule has 3 aliphatic heterocycles. The molecule has 2 saturated heterocycles. The molecule has 0 saturated carbocycles. The lowest BCUT2D eigenvalue weighted by atomic mass is 10.0. The lowest BCUT2D eigenvalue weighted by Crippen LogP contribution is -2.54. The van der Waals surface area contributed by atoms with Crippen LogP contribution in [0.4, 0.5) is 17.6 Å². The van der Waals surface area contributed by atoms with Crippen molar-refractivity contribution in [2.75, 3.05) is 13.1 Å². The molecule has 7 nitrogen and oxygen atoms in total. The van der Waals surface area contributed by atoms with Gasteiger partial charge in [0.1, 0.15) is 17.7 Å². The maximum absolute atomic E-state index is 14.8. The molecule has 1 N–H and O–H groups in total. The molecule has 1 unspecified atom stereocenters. The fourth-order valence-corrected chi connectivity index (χ4v) is 5.93. The van der Waals surface area contributed by atoms with E-state index in [4.69, 9.17) is 0 Å². The molecule has 0 spiro atoms. The summed E-state index contributed by atoms with van der Waals surface area (Å²) in [6.45, 7) is 0.564. The monoisotopic (exact) mass is 549 g/mol. The Hall–Kier alpha value is -3.25. The summed E-state index contributed by atoms with van der Waals surface area (Å²) >= 11 is 1.04. The average Bonchev–Trinajstić information content (AvgIpc) is 3.10. The van der Waals surface area contributed by atoms with Crippen LogP contribution in [0.1, 0.15) is 57.5 Å². The van der Waals surface area contributed by atoms with Gasteiger partial charge in [0.15, 0.2) is 0 Å². The molecule has 1 atom stereocenters. The summed E-state index contributed by atoms with van der Waals surface area (Å²) in [7, 11) is 0. The van der Waals surface area contributed by atoms with Crippen molar-refractivity contribution in [1.29, 1.82) is 0 Å². The number of thioether (sulfide) groups is 1. The van der Waals surface area contributed by atoms with Crippen molar-refractivity contribution < 1.29 is 36.7 Å². The number of nitrogens with zero attached hydrogens (tertiary/aromatic N) is 2. The van der Waals surface area contributed by atoms with E-state index in [1.165, 1.54) is 6.07 Å². The van der Waals surface area contributed by atoms with Crippen LogP contribution in [0.2, 0.25) is 0 Å².